The van der Waals surface area contributed by atoms with Gasteiger partial charge in [0.2, 0.25) is 0 Å². The van der Waals surface area contributed by atoms with Gasteiger partial charge < -0.3 is 18.9 Å². The van der Waals surface area contributed by atoms with Crippen LogP contribution in [0.2, 0.25) is 0 Å². The fraction of sp³-hybridized carbons (Fsp3) is 0.367. The van der Waals surface area contributed by atoms with Gasteiger partial charge in [0.15, 0.2) is 5.92 Å². The van der Waals surface area contributed by atoms with Crippen molar-refractivity contribution in [3.05, 3.63) is 98.2 Å². The summed E-state index contributed by atoms with van der Waals surface area (Å²) in [6.45, 7) is 26.0. The molecule has 12 heteroatoms. The summed E-state index contributed by atoms with van der Waals surface area (Å²) in [5.74, 6) is -4.44. The van der Waals surface area contributed by atoms with Crippen molar-refractivity contribution < 1.29 is 63.8 Å². The van der Waals surface area contributed by atoms with E-state index in [-0.39, 0.29) is 23.9 Å². The molecule has 1 heterocycles. The van der Waals surface area contributed by atoms with Crippen molar-refractivity contribution in [2.75, 3.05) is 13.9 Å². The maximum atomic E-state index is 12.9. The zero-order valence-electron chi connectivity index (χ0n) is 23.8. The summed E-state index contributed by atoms with van der Waals surface area (Å²) in [4.78, 5) is 26.1. The van der Waals surface area contributed by atoms with Crippen molar-refractivity contribution in [2.24, 2.45) is 11.8 Å². The molecule has 0 aliphatic carbocycles. The van der Waals surface area contributed by atoms with E-state index in [9.17, 15) is 13.8 Å². The van der Waals surface area contributed by atoms with E-state index in [2.05, 4.69) is 33.1 Å². The summed E-state index contributed by atoms with van der Waals surface area (Å²) >= 11 is 0. The molecule has 0 spiro atoms. The van der Waals surface area contributed by atoms with Crippen LogP contribution in [0, 0.1) is 38.7 Å². The van der Waals surface area contributed by atoms with Gasteiger partial charge in [-0.2, -0.15) is 0 Å². The summed E-state index contributed by atoms with van der Waals surface area (Å²) in [6, 6.07) is 7.39. The third-order valence-corrected chi connectivity index (χ3v) is 6.37. The summed E-state index contributed by atoms with van der Waals surface area (Å²) in [5.41, 5.74) is 1.68. The summed E-state index contributed by atoms with van der Waals surface area (Å²) in [7, 11) is 0.0834. The van der Waals surface area contributed by atoms with Gasteiger partial charge in [-0.25, -0.2) is 4.21 Å². The standard InChI is InChI=1S/C27H34O7S.3CO.Fe/c1-7-9-21(24-25(28)33-27(4,5)34-26(24)29)17-20(23(10-8-2)32-18-31-6)15-16-35(30)22-13-11-19(3)12-14-22;3*1-2;/h7-8,11-17,21,23-24H,1-2,9-10,18H2,3-6H3;;;;/b16-15-,20-17-;;;;/t21-,23+,35+;;;;/m0..../s1. The van der Waals surface area contributed by atoms with Crippen LogP contribution >= 0.6 is 0 Å². The third-order valence-electron chi connectivity index (χ3n) is 5.25. The van der Waals surface area contributed by atoms with Crippen LogP contribution in [0.25, 0.3) is 0 Å². The molecule has 1 fully saturated rings. The van der Waals surface area contributed by atoms with Crippen LogP contribution in [0.5, 0.6) is 0 Å². The number of carbonyl (C=O) groups is 2. The second-order valence-electron chi connectivity index (χ2n) is 8.57. The Bertz CT molecular complexity index is 1100. The van der Waals surface area contributed by atoms with Crippen molar-refractivity contribution in [1.82, 2.24) is 0 Å². The van der Waals surface area contributed by atoms with Crippen LogP contribution in [0.15, 0.2) is 77.6 Å². The van der Waals surface area contributed by atoms with E-state index in [1.54, 1.807) is 41.8 Å². The number of cyclic esters (lactones) is 2. The maximum Gasteiger partial charge on any atom is 0 e. The Morgan fingerprint density at radius 2 is 1.52 bits per heavy atom. The van der Waals surface area contributed by atoms with Crippen molar-refractivity contribution in [3.63, 3.8) is 0 Å². The number of methoxy groups -OCH3 is 1. The molecule has 228 valence electrons. The predicted octanol–water partition coefficient (Wildman–Crippen LogP) is 4.64. The molecule has 10 nitrogen and oxygen atoms in total. The minimum Gasteiger partial charge on any atom is 0 e. The Morgan fingerprint density at radius 3 is 1.98 bits per heavy atom. The zero-order chi connectivity index (χ0) is 32.0. The smallest absolute Gasteiger partial charge is 0 e. The first-order valence-corrected chi connectivity index (χ1v) is 13.1. The normalized spacial score (nSPS) is 16.0. The molecule has 42 heavy (non-hydrogen) atoms. The van der Waals surface area contributed by atoms with Gasteiger partial charge in [-0.05, 0) is 43.5 Å². The molecule has 0 amide bonds. The topological polar surface area (TPSA) is 148 Å². The molecular formula is C30H34FeO10S. The Labute approximate surface area is 260 Å². The molecule has 0 N–H and O–H groups in total. The minimum absolute atomic E-state index is 0. The molecule has 0 aromatic heterocycles. The van der Waals surface area contributed by atoms with Crippen LogP contribution in [-0.4, -0.2) is 41.9 Å². The van der Waals surface area contributed by atoms with Gasteiger partial charge in [0.1, 0.15) is 6.79 Å². The van der Waals surface area contributed by atoms with Crippen LogP contribution in [0.1, 0.15) is 32.3 Å². The number of hydrogen-bond acceptors (Lipinski definition) is 7. The van der Waals surface area contributed by atoms with E-state index in [0.29, 0.717) is 23.3 Å². The molecule has 2 rings (SSSR count). The quantitative estimate of drug-likeness (QED) is 0.0445. The van der Waals surface area contributed by atoms with Crippen molar-refractivity contribution in [3.8, 4) is 0 Å². The third kappa shape index (κ3) is 15.2. The molecule has 1 saturated heterocycles. The van der Waals surface area contributed by atoms with E-state index in [4.69, 9.17) is 32.9 Å². The Hall–Kier alpha value is -3.07. The molecule has 0 radical (unpaired) electrons. The number of aryl methyl sites for hydroxylation is 1. The summed E-state index contributed by atoms with van der Waals surface area (Å²) in [6.07, 6.45) is 6.94. The van der Waals surface area contributed by atoms with Gasteiger partial charge in [-0.1, -0.05) is 35.9 Å². The molecule has 1 aliphatic heterocycles. The van der Waals surface area contributed by atoms with Gasteiger partial charge in [-0.3, -0.25) is 9.59 Å². The largest absolute Gasteiger partial charge is 0 e. The Morgan fingerprint density at radius 1 is 1.02 bits per heavy atom. The van der Waals surface area contributed by atoms with Crippen LogP contribution in [-0.2, 0) is 70.4 Å². The average Bonchev–Trinajstić information content (AvgIpc) is 2.95. The number of allylic oxidation sites excluding steroid dienone is 2. The number of esters is 2. The van der Waals surface area contributed by atoms with Crippen molar-refractivity contribution in [2.45, 2.75) is 50.4 Å². The molecular weight excluding hydrogens is 608 g/mol. The van der Waals surface area contributed by atoms with Crippen LogP contribution in [0.3, 0.4) is 0 Å². The number of hydrogen-bond donors (Lipinski definition) is 0. The van der Waals surface area contributed by atoms with E-state index >= 15 is 0 Å². The number of benzene rings is 1. The first-order valence-electron chi connectivity index (χ1n) is 11.9. The predicted molar refractivity (Wildman–Crippen MR) is 146 cm³/mol. The maximum absolute atomic E-state index is 12.9. The second kappa shape index (κ2) is 24.5. The fourth-order valence-corrected chi connectivity index (χ4v) is 4.42. The van der Waals surface area contributed by atoms with E-state index in [1.807, 2.05) is 19.1 Å². The van der Waals surface area contributed by atoms with Crippen molar-refractivity contribution >= 4 is 22.7 Å². The molecule has 0 bridgehead atoms. The Balaban J connectivity index is -0.00000203. The zero-order valence-corrected chi connectivity index (χ0v) is 25.7. The minimum atomic E-state index is -1.42. The van der Waals surface area contributed by atoms with E-state index < -0.39 is 46.5 Å². The van der Waals surface area contributed by atoms with Crippen molar-refractivity contribution in [1.29, 1.82) is 0 Å². The molecule has 1 aromatic carbocycles. The first-order chi connectivity index (χ1) is 19.6. The van der Waals surface area contributed by atoms with Gasteiger partial charge in [0, 0.05) is 54.2 Å². The molecule has 0 unspecified atom stereocenters. The van der Waals surface area contributed by atoms with E-state index in [0.717, 1.165) is 5.56 Å². The molecule has 0 saturated carbocycles. The summed E-state index contributed by atoms with van der Waals surface area (Å²) < 4.78 is 56.9. The average molecular weight is 643 g/mol. The van der Waals surface area contributed by atoms with Gasteiger partial charge in [0.05, 0.1) is 16.9 Å². The number of rotatable bonds is 13. The van der Waals surface area contributed by atoms with Gasteiger partial charge >= 0.3 is 45.8 Å². The summed E-state index contributed by atoms with van der Waals surface area (Å²) in [5, 5.41) is 1.55. The first kappa shape index (κ1) is 43.4. The molecule has 1 aromatic rings. The molecule has 3 atom stereocenters. The van der Waals surface area contributed by atoms with Crippen LogP contribution in [0.4, 0.5) is 0 Å². The SMILES string of the molecule is C=CC[C@@H](/C=C(/C=C\[S@@](=O)c1ccc(C)cc1)[C@@H](CC=C)OCOC)C1C(=O)OC(C)(C)OC1=O.[C-]#[O+].[C-]#[O+].[C-]#[O+].[Fe]. The monoisotopic (exact) mass is 642 g/mol. The van der Waals surface area contributed by atoms with Crippen LogP contribution < -0.4 is 0 Å². The number of carbonyl (C=O) groups excluding carboxylic acids is 2. The second-order valence-corrected chi connectivity index (χ2v) is 9.91. The van der Waals surface area contributed by atoms with Gasteiger partial charge in [0.25, 0.3) is 5.79 Å². The van der Waals surface area contributed by atoms with E-state index in [1.165, 1.54) is 21.0 Å². The Kier molecular flexibility index (Phi) is 25.3. The molecule has 1 aliphatic rings. The number of ether oxygens (including phenoxy) is 4. The van der Waals surface area contributed by atoms with Gasteiger partial charge in [-0.15, -0.1) is 13.2 Å². The fourth-order valence-electron chi connectivity index (χ4n) is 3.58.